The minimum absolute atomic E-state index is 0.263. The van der Waals surface area contributed by atoms with Crippen LogP contribution in [0.3, 0.4) is 0 Å². The molecule has 0 aliphatic carbocycles. The number of para-hydroxylation sites is 1. The van der Waals surface area contributed by atoms with Crippen LogP contribution in [0.1, 0.15) is 13.8 Å². The Hall–Kier alpha value is -2.23. The van der Waals surface area contributed by atoms with Gasteiger partial charge in [-0.1, -0.05) is 18.2 Å². The highest BCUT2D eigenvalue weighted by Gasteiger charge is 2.33. The van der Waals surface area contributed by atoms with E-state index in [1.54, 1.807) is 13.8 Å². The van der Waals surface area contributed by atoms with Crippen molar-refractivity contribution < 1.29 is 14.3 Å². The Morgan fingerprint density at radius 1 is 1.18 bits per heavy atom. The van der Waals surface area contributed by atoms with Crippen molar-refractivity contribution >= 4 is 23.2 Å². The summed E-state index contributed by atoms with van der Waals surface area (Å²) >= 11 is 0. The quantitative estimate of drug-likeness (QED) is 0.443. The Bertz CT molecular complexity index is 541. The van der Waals surface area contributed by atoms with E-state index in [0.717, 1.165) is 5.69 Å². The van der Waals surface area contributed by atoms with Gasteiger partial charge < -0.3 is 4.74 Å². The number of esters is 1. The number of cyclic esters (lactones) is 1. The monoisotopic (exact) mass is 229 g/mol. The maximum absolute atomic E-state index is 11.5. The number of aliphatic imine (C=N–C) groups is 1. The van der Waals surface area contributed by atoms with Crippen LogP contribution in [0.5, 0.6) is 0 Å². The number of benzene rings is 1. The third kappa shape index (κ3) is 2.15. The molecule has 1 aliphatic rings. The van der Waals surface area contributed by atoms with Crippen LogP contribution in [0.25, 0.3) is 0 Å². The molecule has 0 amide bonds. The van der Waals surface area contributed by atoms with E-state index in [0.29, 0.717) is 11.5 Å². The summed E-state index contributed by atoms with van der Waals surface area (Å²) in [5.74, 6) is -1.14. The average molecular weight is 229 g/mol. The smallest absolute Gasteiger partial charge is 0.384 e. The van der Waals surface area contributed by atoms with Gasteiger partial charge in [0.15, 0.2) is 0 Å². The number of rotatable bonds is 2. The summed E-state index contributed by atoms with van der Waals surface area (Å²) in [5.41, 5.74) is 1.49. The molecule has 0 atom stereocenters. The molecule has 0 aromatic heterocycles. The minimum atomic E-state index is -0.833. The molecular weight excluding hydrogens is 218 g/mol. The molecule has 1 aromatic rings. The summed E-state index contributed by atoms with van der Waals surface area (Å²) in [6, 6.07) is 9.23. The van der Waals surface area contributed by atoms with Gasteiger partial charge in [0.25, 0.3) is 5.78 Å². The van der Waals surface area contributed by atoms with Crippen molar-refractivity contribution in [2.24, 2.45) is 4.99 Å². The van der Waals surface area contributed by atoms with Gasteiger partial charge in [-0.25, -0.2) is 4.79 Å². The number of hydrogen-bond acceptors (Lipinski definition) is 4. The predicted molar refractivity (Wildman–Crippen MR) is 63.0 cm³/mol. The van der Waals surface area contributed by atoms with Gasteiger partial charge in [0, 0.05) is 0 Å². The van der Waals surface area contributed by atoms with Gasteiger partial charge in [0.2, 0.25) is 0 Å². The zero-order chi connectivity index (χ0) is 12.4. The fourth-order valence-corrected chi connectivity index (χ4v) is 1.67. The Labute approximate surface area is 98.6 Å². The summed E-state index contributed by atoms with van der Waals surface area (Å²) in [5, 5.41) is 0. The molecule has 1 aliphatic heterocycles. The van der Waals surface area contributed by atoms with E-state index in [9.17, 15) is 9.59 Å². The molecule has 0 spiro atoms. The van der Waals surface area contributed by atoms with E-state index >= 15 is 0 Å². The molecule has 0 bridgehead atoms. The lowest BCUT2D eigenvalue weighted by molar-refractivity contribution is -0.146. The number of carbonyl (C=O) groups is 2. The van der Waals surface area contributed by atoms with Gasteiger partial charge in [0.1, 0.15) is 5.76 Å². The number of allylic oxidation sites excluding steroid dienone is 1. The van der Waals surface area contributed by atoms with Crippen LogP contribution in [-0.2, 0) is 14.3 Å². The van der Waals surface area contributed by atoms with E-state index in [-0.39, 0.29) is 5.57 Å². The highest BCUT2D eigenvalue weighted by atomic mass is 16.5. The summed E-state index contributed by atoms with van der Waals surface area (Å²) in [6.45, 7) is 3.27. The summed E-state index contributed by atoms with van der Waals surface area (Å²) in [6.07, 6.45) is 0. The second-order valence-electron chi connectivity index (χ2n) is 3.68. The molecule has 0 saturated carbocycles. The van der Waals surface area contributed by atoms with Crippen LogP contribution >= 0.6 is 0 Å². The van der Waals surface area contributed by atoms with Crippen LogP contribution in [-0.4, -0.2) is 17.5 Å². The van der Waals surface area contributed by atoms with E-state index in [1.807, 2.05) is 30.3 Å². The number of hydrogen-bond donors (Lipinski definition) is 0. The van der Waals surface area contributed by atoms with Crippen molar-refractivity contribution in [3.63, 3.8) is 0 Å². The molecule has 0 fully saturated rings. The summed E-state index contributed by atoms with van der Waals surface area (Å²) in [4.78, 5) is 26.9. The fourth-order valence-electron chi connectivity index (χ4n) is 1.67. The summed E-state index contributed by atoms with van der Waals surface area (Å²) in [7, 11) is 0. The third-order valence-electron chi connectivity index (χ3n) is 2.43. The summed E-state index contributed by atoms with van der Waals surface area (Å²) < 4.78 is 4.76. The first-order valence-electron chi connectivity index (χ1n) is 5.17. The zero-order valence-corrected chi connectivity index (χ0v) is 9.56. The van der Waals surface area contributed by atoms with Gasteiger partial charge in [-0.2, -0.15) is 0 Å². The van der Waals surface area contributed by atoms with Crippen LogP contribution in [0.2, 0.25) is 0 Å². The zero-order valence-electron chi connectivity index (χ0n) is 9.56. The van der Waals surface area contributed by atoms with Crippen molar-refractivity contribution in [3.8, 4) is 0 Å². The molecule has 2 rings (SSSR count). The molecule has 0 N–H and O–H groups in total. The number of Topliss-reactive ketones (excluding diaryl/α,β-unsaturated/α-hetero) is 1. The number of ketones is 1. The SMILES string of the molecule is CC(=Nc1ccccc1)C1=C(C)OC(=O)C1=O. The van der Waals surface area contributed by atoms with Gasteiger partial charge in [-0.3, -0.25) is 9.79 Å². The number of nitrogens with zero attached hydrogens (tertiary/aromatic N) is 1. The van der Waals surface area contributed by atoms with E-state index in [2.05, 4.69) is 4.99 Å². The second-order valence-corrected chi connectivity index (χ2v) is 3.68. The van der Waals surface area contributed by atoms with Gasteiger partial charge in [0.05, 0.1) is 17.0 Å². The lowest BCUT2D eigenvalue weighted by Crippen LogP contribution is -2.13. The third-order valence-corrected chi connectivity index (χ3v) is 2.43. The van der Waals surface area contributed by atoms with E-state index in [4.69, 9.17) is 4.74 Å². The fraction of sp³-hybridized carbons (Fsp3) is 0.154. The molecule has 1 heterocycles. The molecule has 1 aromatic carbocycles. The molecule has 0 saturated heterocycles. The standard InChI is InChI=1S/C13H11NO3/c1-8(14-10-6-4-3-5-7-10)11-9(2)17-13(16)12(11)15/h3-7H,1-2H3. The van der Waals surface area contributed by atoms with E-state index < -0.39 is 11.8 Å². The van der Waals surface area contributed by atoms with Gasteiger partial charge >= 0.3 is 5.97 Å². The van der Waals surface area contributed by atoms with Crippen molar-refractivity contribution in [1.82, 2.24) is 0 Å². The Balaban J connectivity index is 2.36. The molecule has 4 nitrogen and oxygen atoms in total. The number of ether oxygens (including phenoxy) is 1. The van der Waals surface area contributed by atoms with Crippen molar-refractivity contribution in [2.45, 2.75) is 13.8 Å². The maximum atomic E-state index is 11.5. The van der Waals surface area contributed by atoms with Crippen LogP contribution in [0.15, 0.2) is 46.7 Å². The second kappa shape index (κ2) is 4.33. The topological polar surface area (TPSA) is 55.7 Å². The first-order valence-corrected chi connectivity index (χ1v) is 5.17. The molecule has 17 heavy (non-hydrogen) atoms. The Morgan fingerprint density at radius 3 is 2.35 bits per heavy atom. The highest BCUT2D eigenvalue weighted by molar-refractivity contribution is 6.50. The largest absolute Gasteiger partial charge is 0.425 e. The van der Waals surface area contributed by atoms with Crippen LogP contribution in [0.4, 0.5) is 5.69 Å². The predicted octanol–water partition coefficient (Wildman–Crippen LogP) is 2.18. The van der Waals surface area contributed by atoms with Crippen molar-refractivity contribution in [3.05, 3.63) is 41.7 Å². The van der Waals surface area contributed by atoms with Crippen molar-refractivity contribution in [2.75, 3.05) is 0 Å². The number of carbonyl (C=O) groups excluding carboxylic acids is 2. The molecule has 0 unspecified atom stereocenters. The normalized spacial score (nSPS) is 16.5. The molecular formula is C13H11NO3. The maximum Gasteiger partial charge on any atom is 0.384 e. The lowest BCUT2D eigenvalue weighted by Gasteiger charge is -1.99. The Kier molecular flexibility index (Phi) is 2.87. The lowest BCUT2D eigenvalue weighted by atomic mass is 10.1. The van der Waals surface area contributed by atoms with Crippen LogP contribution < -0.4 is 0 Å². The van der Waals surface area contributed by atoms with Gasteiger partial charge in [-0.05, 0) is 26.0 Å². The van der Waals surface area contributed by atoms with Crippen LogP contribution in [0, 0.1) is 0 Å². The Morgan fingerprint density at radius 2 is 1.82 bits per heavy atom. The first-order chi connectivity index (χ1) is 8.09. The van der Waals surface area contributed by atoms with Crippen molar-refractivity contribution in [1.29, 1.82) is 0 Å². The highest BCUT2D eigenvalue weighted by Crippen LogP contribution is 2.20. The molecule has 4 heteroatoms. The molecule has 86 valence electrons. The molecule has 0 radical (unpaired) electrons. The first kappa shape index (κ1) is 11.3. The average Bonchev–Trinajstić information content (AvgIpc) is 2.54. The van der Waals surface area contributed by atoms with E-state index in [1.165, 1.54) is 0 Å². The minimum Gasteiger partial charge on any atom is -0.425 e. The van der Waals surface area contributed by atoms with Gasteiger partial charge in [-0.15, -0.1) is 0 Å².